The molecule has 2 aromatic heterocycles. The van der Waals surface area contributed by atoms with Gasteiger partial charge in [0.25, 0.3) is 0 Å². The average Bonchev–Trinajstić information content (AvgIpc) is 2.72. The molecule has 0 aromatic carbocycles. The van der Waals surface area contributed by atoms with Crippen LogP contribution in [0.3, 0.4) is 0 Å². The summed E-state index contributed by atoms with van der Waals surface area (Å²) < 4.78 is 1.27. The summed E-state index contributed by atoms with van der Waals surface area (Å²) in [6.07, 6.45) is 0. The number of nitrogens with zero attached hydrogens (tertiary/aromatic N) is 4. The van der Waals surface area contributed by atoms with E-state index < -0.39 is 5.97 Å². The number of hydrogen-bond donors (Lipinski definition) is 1. The van der Waals surface area contributed by atoms with E-state index in [1.807, 2.05) is 19.1 Å². The van der Waals surface area contributed by atoms with Gasteiger partial charge < -0.3 is 5.11 Å². The number of hydrogen-bond acceptors (Lipinski definition) is 5. The molecular weight excluding hydrogens is 216 g/mol. The van der Waals surface area contributed by atoms with Crippen LogP contribution in [0.5, 0.6) is 0 Å². The van der Waals surface area contributed by atoms with Crippen molar-refractivity contribution in [3.63, 3.8) is 0 Å². The van der Waals surface area contributed by atoms with Gasteiger partial charge in [0.2, 0.25) is 0 Å². The van der Waals surface area contributed by atoms with E-state index >= 15 is 0 Å². The lowest BCUT2D eigenvalue weighted by molar-refractivity contribution is -0.137. The predicted octanol–water partition coefficient (Wildman–Crippen LogP) is 0.795. The van der Waals surface area contributed by atoms with Crippen LogP contribution in [-0.2, 0) is 11.3 Å². The molecule has 2 rings (SSSR count). The van der Waals surface area contributed by atoms with Gasteiger partial charge in [-0.1, -0.05) is 0 Å². The van der Waals surface area contributed by atoms with E-state index in [9.17, 15) is 4.79 Å². The van der Waals surface area contributed by atoms with Crippen LogP contribution in [0, 0.1) is 6.92 Å². The molecule has 0 bridgehead atoms. The van der Waals surface area contributed by atoms with Crippen LogP contribution < -0.4 is 0 Å². The van der Waals surface area contributed by atoms with Crippen molar-refractivity contribution in [2.45, 2.75) is 13.5 Å². The summed E-state index contributed by atoms with van der Waals surface area (Å²) in [5.41, 5.74) is 0. The third kappa shape index (κ3) is 2.01. The Balaban J connectivity index is 2.36. The average molecular weight is 224 g/mol. The van der Waals surface area contributed by atoms with Gasteiger partial charge in [-0.3, -0.25) is 4.79 Å². The van der Waals surface area contributed by atoms with Crippen molar-refractivity contribution < 1.29 is 9.90 Å². The quantitative estimate of drug-likeness (QED) is 0.833. The van der Waals surface area contributed by atoms with Crippen LogP contribution >= 0.6 is 11.3 Å². The number of aryl methyl sites for hydroxylation is 1. The van der Waals surface area contributed by atoms with Gasteiger partial charge in [-0.05, 0) is 29.5 Å². The monoisotopic (exact) mass is 224 g/mol. The van der Waals surface area contributed by atoms with E-state index in [1.54, 1.807) is 0 Å². The first-order valence-electron chi connectivity index (χ1n) is 4.21. The Morgan fingerprint density at radius 3 is 3.00 bits per heavy atom. The molecule has 0 aliphatic rings. The normalized spacial score (nSPS) is 10.5. The first-order valence-corrected chi connectivity index (χ1v) is 5.03. The van der Waals surface area contributed by atoms with Crippen LogP contribution in [0.2, 0.25) is 0 Å². The van der Waals surface area contributed by atoms with E-state index in [-0.39, 0.29) is 6.54 Å². The molecule has 0 unspecified atom stereocenters. The summed E-state index contributed by atoms with van der Waals surface area (Å²) >= 11 is 1.53. The lowest BCUT2D eigenvalue weighted by Gasteiger charge is -1.97. The number of tetrazole rings is 1. The molecule has 0 radical (unpaired) electrons. The molecule has 0 atom stereocenters. The largest absolute Gasteiger partial charge is 0.480 e. The number of thiophene rings is 1. The van der Waals surface area contributed by atoms with E-state index in [2.05, 4.69) is 15.5 Å². The molecule has 7 heteroatoms. The van der Waals surface area contributed by atoms with Gasteiger partial charge >= 0.3 is 5.97 Å². The third-order valence-electron chi connectivity index (χ3n) is 1.78. The number of carbonyl (C=O) groups is 1. The predicted molar refractivity (Wildman–Crippen MR) is 53.5 cm³/mol. The summed E-state index contributed by atoms with van der Waals surface area (Å²) in [6.45, 7) is 1.75. The van der Waals surface area contributed by atoms with Crippen LogP contribution in [0.25, 0.3) is 10.7 Å². The van der Waals surface area contributed by atoms with Crippen LogP contribution in [0.1, 0.15) is 4.88 Å². The highest BCUT2D eigenvalue weighted by Gasteiger charge is 2.12. The molecular formula is C8H8N4O2S. The first-order chi connectivity index (χ1) is 7.16. The zero-order valence-corrected chi connectivity index (χ0v) is 8.73. The molecule has 2 heterocycles. The summed E-state index contributed by atoms with van der Waals surface area (Å²) in [5, 5.41) is 19.5. The molecule has 78 valence electrons. The number of carboxylic acids is 1. The minimum atomic E-state index is -0.961. The molecule has 0 spiro atoms. The van der Waals surface area contributed by atoms with Crippen LogP contribution in [-0.4, -0.2) is 31.3 Å². The van der Waals surface area contributed by atoms with Crippen molar-refractivity contribution in [2.75, 3.05) is 0 Å². The molecule has 0 saturated carbocycles. The molecule has 15 heavy (non-hydrogen) atoms. The molecule has 1 N–H and O–H groups in total. The Labute approximate surface area is 89.2 Å². The lowest BCUT2D eigenvalue weighted by atomic mass is 10.4. The summed E-state index contributed by atoms with van der Waals surface area (Å²) in [4.78, 5) is 12.6. The summed E-state index contributed by atoms with van der Waals surface area (Å²) in [6, 6.07) is 3.82. The SMILES string of the molecule is Cc1ccc(-c2nnnn2CC(=O)O)s1. The number of rotatable bonds is 3. The highest BCUT2D eigenvalue weighted by Crippen LogP contribution is 2.24. The maximum atomic E-state index is 10.5. The Bertz CT molecular complexity index is 490. The molecule has 0 fully saturated rings. The van der Waals surface area contributed by atoms with Crippen molar-refractivity contribution in [3.05, 3.63) is 17.0 Å². The fourth-order valence-electron chi connectivity index (χ4n) is 1.17. The van der Waals surface area contributed by atoms with E-state index in [1.165, 1.54) is 16.0 Å². The number of aromatic nitrogens is 4. The third-order valence-corrected chi connectivity index (χ3v) is 2.77. The zero-order chi connectivity index (χ0) is 10.8. The topological polar surface area (TPSA) is 80.9 Å². The fraction of sp³-hybridized carbons (Fsp3) is 0.250. The standard InChI is InChI=1S/C8H8N4O2S/c1-5-2-3-6(15-5)8-9-10-11-12(8)4-7(13)14/h2-3H,4H2,1H3,(H,13,14). The molecule has 0 aliphatic heterocycles. The van der Waals surface area contributed by atoms with E-state index in [4.69, 9.17) is 5.11 Å². The van der Waals surface area contributed by atoms with Gasteiger partial charge in [0, 0.05) is 4.88 Å². The van der Waals surface area contributed by atoms with Crippen molar-refractivity contribution in [1.29, 1.82) is 0 Å². The zero-order valence-electron chi connectivity index (χ0n) is 7.91. The van der Waals surface area contributed by atoms with E-state index in [0.29, 0.717) is 5.82 Å². The van der Waals surface area contributed by atoms with Crippen molar-refractivity contribution >= 4 is 17.3 Å². The smallest absolute Gasteiger partial charge is 0.325 e. The van der Waals surface area contributed by atoms with Gasteiger partial charge in [0.05, 0.1) is 4.88 Å². The van der Waals surface area contributed by atoms with Gasteiger partial charge in [-0.15, -0.1) is 16.4 Å². The second-order valence-electron chi connectivity index (χ2n) is 2.96. The maximum absolute atomic E-state index is 10.5. The Morgan fingerprint density at radius 1 is 1.60 bits per heavy atom. The van der Waals surface area contributed by atoms with Crippen LogP contribution in [0.4, 0.5) is 0 Å². The second-order valence-corrected chi connectivity index (χ2v) is 4.25. The Kier molecular flexibility index (Phi) is 2.46. The Morgan fingerprint density at radius 2 is 2.40 bits per heavy atom. The Hall–Kier alpha value is -1.76. The van der Waals surface area contributed by atoms with Gasteiger partial charge in [0.15, 0.2) is 5.82 Å². The molecule has 0 aliphatic carbocycles. The number of aliphatic carboxylic acids is 1. The summed E-state index contributed by atoms with van der Waals surface area (Å²) in [7, 11) is 0. The minimum Gasteiger partial charge on any atom is -0.480 e. The van der Waals surface area contributed by atoms with Crippen molar-refractivity contribution in [2.24, 2.45) is 0 Å². The first kappa shape index (κ1) is 9.78. The summed E-state index contributed by atoms with van der Waals surface area (Å²) in [5.74, 6) is -0.465. The van der Waals surface area contributed by atoms with Crippen molar-refractivity contribution in [3.8, 4) is 10.7 Å². The van der Waals surface area contributed by atoms with Gasteiger partial charge in [-0.25, -0.2) is 4.68 Å². The van der Waals surface area contributed by atoms with Gasteiger partial charge in [0.1, 0.15) is 6.54 Å². The molecule has 2 aromatic rings. The fourth-order valence-corrected chi connectivity index (χ4v) is 2.03. The molecule has 0 saturated heterocycles. The van der Waals surface area contributed by atoms with E-state index in [0.717, 1.165) is 9.75 Å². The molecule has 6 nitrogen and oxygen atoms in total. The lowest BCUT2D eigenvalue weighted by Crippen LogP contribution is -2.11. The number of carboxylic acid groups (broad SMARTS) is 1. The van der Waals surface area contributed by atoms with Gasteiger partial charge in [-0.2, -0.15) is 0 Å². The molecule has 0 amide bonds. The highest BCUT2D eigenvalue weighted by atomic mass is 32.1. The van der Waals surface area contributed by atoms with Crippen molar-refractivity contribution in [1.82, 2.24) is 20.2 Å². The van der Waals surface area contributed by atoms with Crippen LogP contribution in [0.15, 0.2) is 12.1 Å². The maximum Gasteiger partial charge on any atom is 0.325 e. The second kappa shape index (κ2) is 3.77. The highest BCUT2D eigenvalue weighted by molar-refractivity contribution is 7.15. The minimum absolute atomic E-state index is 0.223.